The van der Waals surface area contributed by atoms with E-state index in [0.717, 1.165) is 12.0 Å². The lowest BCUT2D eigenvalue weighted by atomic mass is 9.99. The van der Waals surface area contributed by atoms with Gasteiger partial charge in [-0.05, 0) is 37.5 Å². The SMILES string of the molecule is C=C.C=C/C(=C\C)Cc1ccccc1C(=NC)OCC. The lowest BCUT2D eigenvalue weighted by Crippen LogP contribution is -2.10. The molecule has 0 spiro atoms. The minimum atomic E-state index is 0.624. The van der Waals surface area contributed by atoms with Crippen LogP contribution >= 0.6 is 0 Å². The molecule has 0 aliphatic carbocycles. The fraction of sp³-hybridized carbons (Fsp3) is 0.278. The van der Waals surface area contributed by atoms with Crippen LogP contribution in [0.3, 0.4) is 0 Å². The van der Waals surface area contributed by atoms with Crippen molar-refractivity contribution in [2.75, 3.05) is 13.7 Å². The van der Waals surface area contributed by atoms with Gasteiger partial charge in [0.05, 0.1) is 6.61 Å². The van der Waals surface area contributed by atoms with E-state index in [0.29, 0.717) is 12.5 Å². The first-order valence-corrected chi connectivity index (χ1v) is 6.72. The Balaban J connectivity index is 0.00000172. The van der Waals surface area contributed by atoms with Crippen molar-refractivity contribution in [2.45, 2.75) is 20.3 Å². The van der Waals surface area contributed by atoms with Crippen molar-refractivity contribution >= 4 is 5.90 Å². The van der Waals surface area contributed by atoms with Gasteiger partial charge >= 0.3 is 0 Å². The summed E-state index contributed by atoms with van der Waals surface area (Å²) in [7, 11) is 1.76. The zero-order valence-electron chi connectivity index (χ0n) is 12.9. The number of ether oxygens (including phenoxy) is 1. The van der Waals surface area contributed by atoms with Crippen molar-refractivity contribution in [3.63, 3.8) is 0 Å². The van der Waals surface area contributed by atoms with Gasteiger partial charge in [0.15, 0.2) is 0 Å². The quantitative estimate of drug-likeness (QED) is 0.332. The van der Waals surface area contributed by atoms with Crippen LogP contribution in [0.5, 0.6) is 0 Å². The van der Waals surface area contributed by atoms with Crippen molar-refractivity contribution in [2.24, 2.45) is 4.99 Å². The molecular weight excluding hydrogens is 246 g/mol. The number of rotatable bonds is 5. The minimum absolute atomic E-state index is 0.624. The number of hydrogen-bond acceptors (Lipinski definition) is 2. The smallest absolute Gasteiger partial charge is 0.216 e. The van der Waals surface area contributed by atoms with Gasteiger partial charge in [0, 0.05) is 12.6 Å². The predicted molar refractivity (Wildman–Crippen MR) is 89.4 cm³/mol. The third kappa shape index (κ3) is 5.27. The molecule has 0 N–H and O–H groups in total. The first-order chi connectivity index (χ1) is 9.76. The Hall–Kier alpha value is -2.09. The van der Waals surface area contributed by atoms with Crippen LogP contribution in [0.15, 0.2) is 66.7 Å². The molecule has 1 aromatic rings. The number of aliphatic imine (C=N–C) groups is 1. The van der Waals surface area contributed by atoms with E-state index >= 15 is 0 Å². The molecule has 108 valence electrons. The normalized spacial score (nSPS) is 11.3. The van der Waals surface area contributed by atoms with Crippen LogP contribution < -0.4 is 0 Å². The van der Waals surface area contributed by atoms with Crippen molar-refractivity contribution < 1.29 is 4.74 Å². The predicted octanol–water partition coefficient (Wildman–Crippen LogP) is 4.58. The van der Waals surface area contributed by atoms with E-state index in [1.54, 1.807) is 7.05 Å². The Bertz CT molecular complexity index is 472. The first kappa shape index (κ1) is 17.9. The molecule has 0 saturated carbocycles. The molecule has 20 heavy (non-hydrogen) atoms. The van der Waals surface area contributed by atoms with Gasteiger partial charge in [-0.15, -0.1) is 13.2 Å². The summed E-state index contributed by atoms with van der Waals surface area (Å²) >= 11 is 0. The Labute approximate surface area is 123 Å². The molecule has 0 amide bonds. The maximum Gasteiger partial charge on any atom is 0.216 e. The van der Waals surface area contributed by atoms with Gasteiger partial charge in [0.2, 0.25) is 5.90 Å². The van der Waals surface area contributed by atoms with Crippen molar-refractivity contribution in [1.82, 2.24) is 0 Å². The first-order valence-electron chi connectivity index (χ1n) is 6.72. The number of allylic oxidation sites excluding steroid dienone is 3. The summed E-state index contributed by atoms with van der Waals surface area (Å²) in [5.41, 5.74) is 3.47. The fourth-order valence-corrected chi connectivity index (χ4v) is 1.79. The summed E-state index contributed by atoms with van der Waals surface area (Å²) in [6.07, 6.45) is 4.82. The zero-order valence-corrected chi connectivity index (χ0v) is 12.9. The highest BCUT2D eigenvalue weighted by molar-refractivity contribution is 5.95. The van der Waals surface area contributed by atoms with Gasteiger partial charge in [0.25, 0.3) is 0 Å². The van der Waals surface area contributed by atoms with Crippen LogP contribution in [0.4, 0.5) is 0 Å². The van der Waals surface area contributed by atoms with Crippen LogP contribution in [-0.4, -0.2) is 19.6 Å². The van der Waals surface area contributed by atoms with E-state index in [4.69, 9.17) is 4.74 Å². The Morgan fingerprint density at radius 1 is 1.30 bits per heavy atom. The van der Waals surface area contributed by atoms with E-state index < -0.39 is 0 Å². The number of hydrogen-bond donors (Lipinski definition) is 0. The summed E-state index contributed by atoms with van der Waals surface area (Å²) in [5, 5.41) is 0. The molecule has 0 atom stereocenters. The third-order valence-corrected chi connectivity index (χ3v) is 2.76. The maximum atomic E-state index is 5.57. The molecule has 0 heterocycles. The standard InChI is InChI=1S/C16H21NO.C2H4/c1-5-13(6-2)12-14-10-8-9-11-15(14)16(17-4)18-7-3;1-2/h5-6,8-11H,1,7,12H2,2-4H3;1-2H2/b13-6+,17-16?;. The largest absolute Gasteiger partial charge is 0.478 e. The van der Waals surface area contributed by atoms with Gasteiger partial charge in [-0.2, -0.15) is 0 Å². The molecule has 1 aromatic carbocycles. The van der Waals surface area contributed by atoms with E-state index in [9.17, 15) is 0 Å². The summed E-state index contributed by atoms with van der Waals surface area (Å²) in [6.45, 7) is 14.4. The monoisotopic (exact) mass is 271 g/mol. The molecular formula is C18H25NO. The average molecular weight is 271 g/mol. The Morgan fingerprint density at radius 3 is 2.45 bits per heavy atom. The second kappa shape index (κ2) is 10.8. The molecule has 0 saturated heterocycles. The molecule has 2 heteroatoms. The molecule has 2 nitrogen and oxygen atoms in total. The van der Waals surface area contributed by atoms with E-state index in [1.807, 2.05) is 38.1 Å². The lowest BCUT2D eigenvalue weighted by molar-refractivity contribution is 0.328. The van der Waals surface area contributed by atoms with E-state index in [2.05, 4.69) is 36.9 Å². The fourth-order valence-electron chi connectivity index (χ4n) is 1.79. The summed E-state index contributed by atoms with van der Waals surface area (Å²) < 4.78 is 5.57. The van der Waals surface area contributed by atoms with E-state index in [1.165, 1.54) is 11.1 Å². The molecule has 0 bridgehead atoms. The maximum absolute atomic E-state index is 5.57. The second-order valence-corrected chi connectivity index (χ2v) is 3.86. The molecule has 0 fully saturated rings. The van der Waals surface area contributed by atoms with E-state index in [-0.39, 0.29) is 0 Å². The van der Waals surface area contributed by atoms with Gasteiger partial charge in [-0.25, -0.2) is 0 Å². The highest BCUT2D eigenvalue weighted by Crippen LogP contribution is 2.16. The van der Waals surface area contributed by atoms with Crippen molar-refractivity contribution in [1.29, 1.82) is 0 Å². The van der Waals surface area contributed by atoms with Crippen molar-refractivity contribution in [3.8, 4) is 0 Å². The molecule has 0 unspecified atom stereocenters. The molecule has 0 aliphatic rings. The van der Waals surface area contributed by atoms with Crippen LogP contribution in [-0.2, 0) is 11.2 Å². The van der Waals surface area contributed by atoms with Gasteiger partial charge in [-0.3, -0.25) is 4.99 Å². The molecule has 0 aromatic heterocycles. The van der Waals surface area contributed by atoms with Crippen molar-refractivity contribution in [3.05, 3.63) is 72.9 Å². The third-order valence-electron chi connectivity index (χ3n) is 2.76. The summed E-state index contributed by atoms with van der Waals surface area (Å²) in [6, 6.07) is 8.19. The number of benzene rings is 1. The lowest BCUT2D eigenvalue weighted by Gasteiger charge is -2.12. The zero-order chi connectivity index (χ0) is 15.4. The highest BCUT2D eigenvalue weighted by atomic mass is 16.5. The summed E-state index contributed by atoms with van der Waals surface area (Å²) in [5.74, 6) is 0.701. The van der Waals surface area contributed by atoms with Crippen LogP contribution in [0.25, 0.3) is 0 Å². The average Bonchev–Trinajstić information content (AvgIpc) is 2.52. The van der Waals surface area contributed by atoms with Crippen LogP contribution in [0.2, 0.25) is 0 Å². The Kier molecular flexibility index (Phi) is 9.67. The summed E-state index contributed by atoms with van der Waals surface area (Å²) in [4.78, 5) is 4.22. The van der Waals surface area contributed by atoms with Crippen LogP contribution in [0.1, 0.15) is 25.0 Å². The van der Waals surface area contributed by atoms with Gasteiger partial charge in [-0.1, -0.05) is 36.9 Å². The van der Waals surface area contributed by atoms with Gasteiger partial charge in [0.1, 0.15) is 0 Å². The highest BCUT2D eigenvalue weighted by Gasteiger charge is 2.09. The molecule has 0 radical (unpaired) electrons. The van der Waals surface area contributed by atoms with Crippen LogP contribution in [0, 0.1) is 0 Å². The number of nitrogens with zero attached hydrogens (tertiary/aromatic N) is 1. The topological polar surface area (TPSA) is 21.6 Å². The Morgan fingerprint density at radius 2 is 1.95 bits per heavy atom. The van der Waals surface area contributed by atoms with Gasteiger partial charge < -0.3 is 4.74 Å². The minimum Gasteiger partial charge on any atom is -0.478 e. The second-order valence-electron chi connectivity index (χ2n) is 3.86. The molecule has 1 rings (SSSR count). The molecule has 0 aliphatic heterocycles.